The van der Waals surface area contributed by atoms with Crippen LogP contribution in [0.15, 0.2) is 17.1 Å². The van der Waals surface area contributed by atoms with Crippen LogP contribution in [-0.2, 0) is 32.2 Å². The summed E-state index contributed by atoms with van der Waals surface area (Å²) in [5, 5.41) is 3.36. The van der Waals surface area contributed by atoms with Gasteiger partial charge in [0, 0.05) is 30.4 Å². The first-order valence-corrected chi connectivity index (χ1v) is 9.47. The van der Waals surface area contributed by atoms with E-state index in [9.17, 15) is 14.4 Å². The summed E-state index contributed by atoms with van der Waals surface area (Å²) in [6, 6.07) is 1.81. The van der Waals surface area contributed by atoms with Crippen LogP contribution in [0, 0.1) is 0 Å². The Kier molecular flexibility index (Phi) is 7.77. The van der Waals surface area contributed by atoms with Gasteiger partial charge in [0.2, 0.25) is 0 Å². The lowest BCUT2D eigenvalue weighted by Gasteiger charge is -2.19. The molecule has 0 saturated heterocycles. The van der Waals surface area contributed by atoms with Crippen molar-refractivity contribution in [1.82, 2.24) is 19.9 Å². The molecule has 2 rings (SSSR count). The van der Waals surface area contributed by atoms with Gasteiger partial charge in [-0.05, 0) is 40.2 Å². The highest BCUT2D eigenvalue weighted by molar-refractivity contribution is 5.76. The molecule has 0 spiro atoms. The number of alkyl carbamates (subject to hydrolysis) is 1. The molecule has 2 aromatic heterocycles. The Bertz CT molecular complexity index is 896. The molecular weight excluding hydrogens is 380 g/mol. The summed E-state index contributed by atoms with van der Waals surface area (Å²) < 4.78 is 16.8. The molecular formula is C19H28N4O6. The molecule has 0 saturated carbocycles. The van der Waals surface area contributed by atoms with Crippen LogP contribution in [0.4, 0.5) is 4.79 Å². The van der Waals surface area contributed by atoms with Gasteiger partial charge >= 0.3 is 17.8 Å². The third kappa shape index (κ3) is 7.57. The van der Waals surface area contributed by atoms with Crippen molar-refractivity contribution < 1.29 is 23.8 Å². The number of hydrogen-bond acceptors (Lipinski definition) is 7. The number of hydrogen-bond donors (Lipinski definition) is 2. The minimum atomic E-state index is -0.534. The summed E-state index contributed by atoms with van der Waals surface area (Å²) in [4.78, 5) is 42.1. The Balaban J connectivity index is 1.80. The summed E-state index contributed by atoms with van der Waals surface area (Å²) in [6.07, 6.45) is 1.73. The van der Waals surface area contributed by atoms with E-state index in [1.54, 1.807) is 33.9 Å². The predicted molar refractivity (Wildman–Crippen MR) is 105 cm³/mol. The van der Waals surface area contributed by atoms with Gasteiger partial charge in [-0.1, -0.05) is 0 Å². The second-order valence-electron chi connectivity index (χ2n) is 7.39. The number of H-pyrrole nitrogens is 1. The highest BCUT2D eigenvalue weighted by Gasteiger charge is 2.15. The second-order valence-corrected chi connectivity index (χ2v) is 7.39. The first-order chi connectivity index (χ1) is 13.7. The van der Waals surface area contributed by atoms with Crippen molar-refractivity contribution >= 4 is 23.1 Å². The zero-order valence-electron chi connectivity index (χ0n) is 17.2. The first-order valence-electron chi connectivity index (χ1n) is 9.47. The zero-order valence-corrected chi connectivity index (χ0v) is 17.2. The fourth-order valence-corrected chi connectivity index (χ4v) is 2.49. The molecule has 2 heterocycles. The lowest BCUT2D eigenvalue weighted by molar-refractivity contribution is -0.143. The van der Waals surface area contributed by atoms with E-state index >= 15 is 0 Å². The molecule has 0 aromatic carbocycles. The van der Waals surface area contributed by atoms with Gasteiger partial charge in [0.1, 0.15) is 17.8 Å². The van der Waals surface area contributed by atoms with E-state index in [1.165, 1.54) is 4.57 Å². The van der Waals surface area contributed by atoms with E-state index in [-0.39, 0.29) is 13.2 Å². The van der Waals surface area contributed by atoms with Crippen LogP contribution in [0.3, 0.4) is 0 Å². The number of rotatable bonds is 9. The quantitative estimate of drug-likeness (QED) is 0.478. The first kappa shape index (κ1) is 22.4. The molecule has 0 aliphatic heterocycles. The van der Waals surface area contributed by atoms with Crippen molar-refractivity contribution in [3.05, 3.63) is 28.4 Å². The topological polar surface area (TPSA) is 125 Å². The number of ether oxygens (including phenoxy) is 3. The Morgan fingerprint density at radius 1 is 1.31 bits per heavy atom. The Morgan fingerprint density at radius 3 is 2.76 bits per heavy atom. The maximum absolute atomic E-state index is 12.0. The molecule has 0 aliphatic rings. The molecule has 10 nitrogen and oxygen atoms in total. The summed E-state index contributed by atoms with van der Waals surface area (Å²) >= 11 is 0. The zero-order chi connectivity index (χ0) is 21.4. The largest absolute Gasteiger partial charge is 0.465 e. The molecule has 160 valence electrons. The van der Waals surface area contributed by atoms with Crippen LogP contribution in [0.2, 0.25) is 0 Å². The Labute approximate surface area is 168 Å². The smallest absolute Gasteiger partial charge is 0.407 e. The molecule has 0 fully saturated rings. The van der Waals surface area contributed by atoms with Gasteiger partial charge in [-0.25, -0.2) is 9.59 Å². The second kappa shape index (κ2) is 10.1. The third-order valence-corrected chi connectivity index (χ3v) is 3.63. The number of aromatic nitrogens is 3. The van der Waals surface area contributed by atoms with Crippen molar-refractivity contribution in [2.75, 3.05) is 19.8 Å². The Morgan fingerprint density at radius 2 is 2.07 bits per heavy atom. The fourth-order valence-electron chi connectivity index (χ4n) is 2.49. The van der Waals surface area contributed by atoms with E-state index < -0.39 is 23.4 Å². The molecule has 2 N–H and O–H groups in total. The number of nitrogens with one attached hydrogen (secondary N) is 2. The van der Waals surface area contributed by atoms with Gasteiger partial charge in [-0.15, -0.1) is 0 Å². The number of fused-ring (bicyclic) bond motifs is 1. The van der Waals surface area contributed by atoms with E-state index in [4.69, 9.17) is 14.2 Å². The highest BCUT2D eigenvalue weighted by Crippen LogP contribution is 2.12. The van der Waals surface area contributed by atoms with Gasteiger partial charge in [0.15, 0.2) is 0 Å². The van der Waals surface area contributed by atoms with Crippen LogP contribution in [0.25, 0.3) is 11.0 Å². The minimum Gasteiger partial charge on any atom is -0.465 e. The van der Waals surface area contributed by atoms with Crippen molar-refractivity contribution in [3.63, 3.8) is 0 Å². The van der Waals surface area contributed by atoms with Crippen LogP contribution in [-0.4, -0.2) is 52.0 Å². The highest BCUT2D eigenvalue weighted by atomic mass is 16.6. The average Bonchev–Trinajstić information content (AvgIpc) is 2.98. The molecule has 0 radical (unpaired) electrons. The lowest BCUT2D eigenvalue weighted by atomic mass is 10.2. The van der Waals surface area contributed by atoms with E-state index in [1.807, 2.05) is 6.07 Å². The minimum absolute atomic E-state index is 0.183. The van der Waals surface area contributed by atoms with Crippen LogP contribution >= 0.6 is 0 Å². The molecule has 0 bridgehead atoms. The number of carbonyl (C=O) groups excluding carboxylic acids is 2. The van der Waals surface area contributed by atoms with Gasteiger partial charge in [-0.3, -0.25) is 9.36 Å². The number of aromatic amines is 1. The standard InChI is InChI=1S/C19H28N4O6/c1-5-28-15(24)11-23-10-13-9-14(21-16(13)22-17(23)25)12-27-8-6-7-20-18(26)29-19(2,3)4/h9-10H,5-8,11-12H2,1-4H3,(H,20,26)(H,21,22,25). The molecule has 1 amide bonds. The van der Waals surface area contributed by atoms with Gasteiger partial charge < -0.3 is 24.5 Å². The lowest BCUT2D eigenvalue weighted by Crippen LogP contribution is -2.33. The summed E-state index contributed by atoms with van der Waals surface area (Å²) in [6.45, 7) is 8.37. The van der Waals surface area contributed by atoms with Crippen LogP contribution in [0.5, 0.6) is 0 Å². The predicted octanol–water partition coefficient (Wildman–Crippen LogP) is 1.72. The summed E-state index contributed by atoms with van der Waals surface area (Å²) in [7, 11) is 0. The molecule has 0 aliphatic carbocycles. The molecule has 10 heteroatoms. The van der Waals surface area contributed by atoms with Crippen molar-refractivity contribution in [1.29, 1.82) is 0 Å². The fraction of sp³-hybridized carbons (Fsp3) is 0.579. The summed E-state index contributed by atoms with van der Waals surface area (Å²) in [5.74, 6) is -0.491. The summed E-state index contributed by atoms with van der Waals surface area (Å²) in [5.41, 5.74) is 0.122. The molecule has 29 heavy (non-hydrogen) atoms. The normalized spacial score (nSPS) is 11.4. The number of esters is 1. The molecule has 2 aromatic rings. The van der Waals surface area contributed by atoms with E-state index in [2.05, 4.69) is 15.3 Å². The molecule has 0 atom stereocenters. The van der Waals surface area contributed by atoms with Crippen molar-refractivity contribution in [2.24, 2.45) is 0 Å². The maximum Gasteiger partial charge on any atom is 0.407 e. The maximum atomic E-state index is 12.0. The average molecular weight is 408 g/mol. The van der Waals surface area contributed by atoms with Gasteiger partial charge in [0.25, 0.3) is 0 Å². The van der Waals surface area contributed by atoms with Crippen LogP contribution < -0.4 is 11.0 Å². The number of amides is 1. The monoisotopic (exact) mass is 408 g/mol. The SMILES string of the molecule is CCOC(=O)Cn1cc2cc(COCCCNC(=O)OC(C)(C)C)[nH]c2nc1=O. The van der Waals surface area contributed by atoms with E-state index in [0.29, 0.717) is 37.2 Å². The van der Waals surface area contributed by atoms with Crippen LogP contribution in [0.1, 0.15) is 39.8 Å². The molecule has 0 unspecified atom stereocenters. The number of nitrogens with zero attached hydrogens (tertiary/aromatic N) is 2. The third-order valence-electron chi connectivity index (χ3n) is 3.63. The van der Waals surface area contributed by atoms with Crippen molar-refractivity contribution in [2.45, 2.75) is 52.9 Å². The van der Waals surface area contributed by atoms with Gasteiger partial charge in [-0.2, -0.15) is 4.98 Å². The van der Waals surface area contributed by atoms with Crippen molar-refractivity contribution in [3.8, 4) is 0 Å². The Hall–Kier alpha value is -2.88. The van der Waals surface area contributed by atoms with Gasteiger partial charge in [0.05, 0.1) is 13.2 Å². The van der Waals surface area contributed by atoms with E-state index in [0.717, 1.165) is 5.69 Å². The number of carbonyl (C=O) groups is 2.